The first kappa shape index (κ1) is 17.8. The molecule has 0 aliphatic heterocycles. The zero-order valence-electron chi connectivity index (χ0n) is 13.5. The van der Waals surface area contributed by atoms with Crippen LogP contribution in [0.4, 0.5) is 0 Å². The van der Waals surface area contributed by atoms with Crippen LogP contribution in [0.15, 0.2) is 48.1 Å². The van der Waals surface area contributed by atoms with Gasteiger partial charge in [0.15, 0.2) is 10.8 Å². The molecule has 0 saturated heterocycles. The van der Waals surface area contributed by atoms with Gasteiger partial charge in [0.25, 0.3) is 0 Å². The van der Waals surface area contributed by atoms with Crippen molar-refractivity contribution in [3.05, 3.63) is 53.6 Å². The molecule has 1 unspecified atom stereocenters. The number of methoxy groups -OCH3 is 1. The van der Waals surface area contributed by atoms with Gasteiger partial charge < -0.3 is 9.84 Å². The number of nitriles is 4. The number of nitrogens with zero attached hydrogens (tertiary/aromatic N) is 4. The van der Waals surface area contributed by atoms with E-state index in [1.54, 1.807) is 48.5 Å². The van der Waals surface area contributed by atoms with E-state index >= 15 is 0 Å². The number of aliphatic hydroxyl groups is 1. The van der Waals surface area contributed by atoms with Crippen LogP contribution in [0.2, 0.25) is 0 Å². The highest BCUT2D eigenvalue weighted by Crippen LogP contribution is 2.53. The molecule has 0 bridgehead atoms. The fourth-order valence-electron chi connectivity index (χ4n) is 2.89. The number of hydrogen-bond acceptors (Lipinski definition) is 6. The highest BCUT2D eigenvalue weighted by atomic mass is 16.5. The molecule has 1 aromatic rings. The zero-order valence-corrected chi connectivity index (χ0v) is 13.5. The van der Waals surface area contributed by atoms with E-state index in [0.717, 1.165) is 0 Å². The van der Waals surface area contributed by atoms with Crippen molar-refractivity contribution in [2.24, 2.45) is 10.8 Å². The maximum atomic E-state index is 10.7. The molecule has 0 saturated carbocycles. The van der Waals surface area contributed by atoms with Crippen molar-refractivity contribution in [3.63, 3.8) is 0 Å². The lowest BCUT2D eigenvalue weighted by atomic mass is 9.56. The van der Waals surface area contributed by atoms with E-state index in [9.17, 15) is 26.2 Å². The minimum Gasteiger partial charge on any atom is -0.497 e. The Morgan fingerprint density at radius 3 is 2.08 bits per heavy atom. The van der Waals surface area contributed by atoms with E-state index in [4.69, 9.17) is 4.74 Å². The van der Waals surface area contributed by atoms with Crippen molar-refractivity contribution < 1.29 is 9.84 Å². The van der Waals surface area contributed by atoms with E-state index in [1.807, 2.05) is 0 Å². The minimum atomic E-state index is -2.05. The van der Waals surface area contributed by atoms with Gasteiger partial charge in [-0.25, -0.2) is 0 Å². The van der Waals surface area contributed by atoms with E-state index in [2.05, 4.69) is 6.58 Å². The van der Waals surface area contributed by atoms with E-state index < -0.39 is 16.9 Å². The van der Waals surface area contributed by atoms with Crippen molar-refractivity contribution in [1.82, 2.24) is 0 Å². The summed E-state index contributed by atoms with van der Waals surface area (Å²) in [5.41, 5.74) is -3.17. The number of allylic oxidation sites excluding steroid dienone is 1. The molecule has 1 aromatic carbocycles. The summed E-state index contributed by atoms with van der Waals surface area (Å²) in [5.74, 6) is 0.615. The Bertz CT molecular complexity index is 873. The molecule has 1 N–H and O–H groups in total. The predicted molar refractivity (Wildman–Crippen MR) is 87.1 cm³/mol. The van der Waals surface area contributed by atoms with Crippen LogP contribution in [0.5, 0.6) is 5.75 Å². The molecule has 122 valence electrons. The minimum absolute atomic E-state index is 0.0323. The molecular formula is C19H14N4O2. The molecular weight excluding hydrogens is 316 g/mol. The molecule has 0 radical (unpaired) electrons. The number of benzene rings is 1. The van der Waals surface area contributed by atoms with Gasteiger partial charge in [0.05, 0.1) is 31.4 Å². The molecule has 6 nitrogen and oxygen atoms in total. The van der Waals surface area contributed by atoms with Crippen molar-refractivity contribution in [3.8, 4) is 30.0 Å². The Kier molecular flexibility index (Phi) is 4.62. The van der Waals surface area contributed by atoms with Crippen LogP contribution in [-0.4, -0.2) is 12.2 Å². The van der Waals surface area contributed by atoms with Crippen LogP contribution in [0.1, 0.15) is 18.1 Å². The lowest BCUT2D eigenvalue weighted by Crippen LogP contribution is -2.42. The lowest BCUT2D eigenvalue weighted by molar-refractivity contribution is 0.206. The third kappa shape index (κ3) is 2.43. The molecule has 2 rings (SSSR count). The largest absolute Gasteiger partial charge is 0.497 e. The fourth-order valence-corrected chi connectivity index (χ4v) is 2.89. The smallest absolute Gasteiger partial charge is 0.200 e. The molecule has 0 amide bonds. The Morgan fingerprint density at radius 2 is 1.64 bits per heavy atom. The molecule has 1 aliphatic rings. The number of aliphatic hydroxyl groups excluding tert-OH is 1. The molecule has 1 atom stereocenters. The molecule has 25 heavy (non-hydrogen) atoms. The molecule has 0 spiro atoms. The number of hydrogen-bond donors (Lipinski definition) is 1. The standard InChI is InChI=1S/C19H14N4O2/c1-13-16(17(24)14-3-5-15(25-2)6-4-14)7-8-18(9-20,10-21)19(13,11-22)12-23/h3-7,17,24H,1,8H2,2H3. The van der Waals surface area contributed by atoms with E-state index in [0.29, 0.717) is 11.3 Å². The second kappa shape index (κ2) is 6.50. The Balaban J connectivity index is 2.54. The molecule has 1 aliphatic carbocycles. The third-order valence-corrected chi connectivity index (χ3v) is 4.51. The highest BCUT2D eigenvalue weighted by molar-refractivity contribution is 5.57. The van der Waals surface area contributed by atoms with Crippen LogP contribution < -0.4 is 4.74 Å². The second-order valence-electron chi connectivity index (χ2n) is 5.62. The van der Waals surface area contributed by atoms with Gasteiger partial charge in [0, 0.05) is 6.42 Å². The number of ether oxygens (including phenoxy) is 1. The van der Waals surface area contributed by atoms with Gasteiger partial charge in [-0.2, -0.15) is 21.0 Å². The number of rotatable bonds is 3. The van der Waals surface area contributed by atoms with Crippen molar-refractivity contribution in [2.45, 2.75) is 12.5 Å². The van der Waals surface area contributed by atoms with E-state index in [-0.39, 0.29) is 17.6 Å². The van der Waals surface area contributed by atoms with Gasteiger partial charge in [0.1, 0.15) is 11.9 Å². The summed E-state index contributed by atoms with van der Waals surface area (Å²) >= 11 is 0. The van der Waals surface area contributed by atoms with Crippen LogP contribution >= 0.6 is 0 Å². The van der Waals surface area contributed by atoms with Crippen LogP contribution in [-0.2, 0) is 0 Å². The Morgan fingerprint density at radius 1 is 1.08 bits per heavy atom. The van der Waals surface area contributed by atoms with Crippen LogP contribution in [0.3, 0.4) is 0 Å². The summed E-state index contributed by atoms with van der Waals surface area (Å²) in [7, 11) is 1.52. The first-order valence-electron chi connectivity index (χ1n) is 7.32. The SMILES string of the molecule is C=C1C(C(O)c2ccc(OC)cc2)=CCC(C#N)(C#N)C1(C#N)C#N. The maximum Gasteiger partial charge on any atom is 0.200 e. The topological polar surface area (TPSA) is 125 Å². The average molecular weight is 330 g/mol. The van der Waals surface area contributed by atoms with Gasteiger partial charge in [-0.05, 0) is 28.8 Å². The van der Waals surface area contributed by atoms with Gasteiger partial charge in [-0.15, -0.1) is 0 Å². The second-order valence-corrected chi connectivity index (χ2v) is 5.62. The average Bonchev–Trinajstić information content (AvgIpc) is 2.67. The summed E-state index contributed by atoms with van der Waals surface area (Å²) in [5, 5.41) is 48.7. The first-order valence-corrected chi connectivity index (χ1v) is 7.32. The zero-order chi connectivity index (χ0) is 18.7. The summed E-state index contributed by atoms with van der Waals surface area (Å²) in [4.78, 5) is 0. The predicted octanol–water partition coefficient (Wildman–Crippen LogP) is 2.68. The fraction of sp³-hybridized carbons (Fsp3) is 0.263. The summed E-state index contributed by atoms with van der Waals surface area (Å²) in [6.07, 6.45) is 0.203. The van der Waals surface area contributed by atoms with Crippen molar-refractivity contribution in [1.29, 1.82) is 21.0 Å². The maximum absolute atomic E-state index is 10.7. The molecule has 6 heteroatoms. The molecule has 0 aromatic heterocycles. The van der Waals surface area contributed by atoms with Crippen LogP contribution in [0, 0.1) is 56.2 Å². The Hall–Kier alpha value is -3.58. The van der Waals surface area contributed by atoms with Crippen molar-refractivity contribution >= 4 is 0 Å². The third-order valence-electron chi connectivity index (χ3n) is 4.51. The van der Waals surface area contributed by atoms with Gasteiger partial charge in [-0.1, -0.05) is 24.8 Å². The summed E-state index contributed by atoms with van der Waals surface area (Å²) in [6, 6.07) is 13.8. The van der Waals surface area contributed by atoms with Crippen LogP contribution in [0.25, 0.3) is 0 Å². The van der Waals surface area contributed by atoms with E-state index in [1.165, 1.54) is 13.2 Å². The Labute approximate surface area is 145 Å². The normalized spacial score (nSPS) is 18.5. The van der Waals surface area contributed by atoms with Crippen molar-refractivity contribution in [2.75, 3.05) is 7.11 Å². The highest BCUT2D eigenvalue weighted by Gasteiger charge is 2.59. The molecule has 0 fully saturated rings. The van der Waals surface area contributed by atoms with Gasteiger partial charge >= 0.3 is 0 Å². The monoisotopic (exact) mass is 330 g/mol. The van der Waals surface area contributed by atoms with Gasteiger partial charge in [0.2, 0.25) is 0 Å². The lowest BCUT2D eigenvalue weighted by Gasteiger charge is -2.38. The van der Waals surface area contributed by atoms with Gasteiger partial charge in [-0.3, -0.25) is 0 Å². The summed E-state index contributed by atoms with van der Waals surface area (Å²) in [6.45, 7) is 3.76. The quantitative estimate of drug-likeness (QED) is 0.908. The first-order chi connectivity index (χ1) is 11.9. The molecule has 0 heterocycles. The summed E-state index contributed by atoms with van der Waals surface area (Å²) < 4.78 is 5.07.